The second-order valence-electron chi connectivity index (χ2n) is 7.55. The maximum Gasteiger partial charge on any atom is 0.224 e. The number of likely N-dealkylation sites (tertiary alicyclic amines) is 1. The van der Waals surface area contributed by atoms with E-state index in [1.54, 1.807) is 0 Å². The lowest BCUT2D eigenvalue weighted by molar-refractivity contribution is -0.132. The summed E-state index contributed by atoms with van der Waals surface area (Å²) in [4.78, 5) is 28.8. The van der Waals surface area contributed by atoms with Gasteiger partial charge < -0.3 is 14.8 Å². The van der Waals surface area contributed by atoms with Crippen LogP contribution in [0.3, 0.4) is 0 Å². The van der Waals surface area contributed by atoms with Crippen LogP contribution >= 0.6 is 0 Å². The highest BCUT2D eigenvalue weighted by Crippen LogP contribution is 2.31. The summed E-state index contributed by atoms with van der Waals surface area (Å²) in [6.07, 6.45) is 7.09. The molecule has 0 saturated carbocycles. The molecule has 0 unspecified atom stereocenters. The second-order valence-corrected chi connectivity index (χ2v) is 7.55. The summed E-state index contributed by atoms with van der Waals surface area (Å²) in [7, 11) is 0. The fourth-order valence-electron chi connectivity index (χ4n) is 4.29. The van der Waals surface area contributed by atoms with E-state index in [-0.39, 0.29) is 11.9 Å². The van der Waals surface area contributed by atoms with Gasteiger partial charge in [-0.15, -0.1) is 0 Å². The molecule has 1 atom stereocenters. The number of fused-ring (bicyclic) bond motifs is 2. The molecule has 7 heteroatoms. The van der Waals surface area contributed by atoms with E-state index in [2.05, 4.69) is 19.9 Å². The molecule has 1 saturated heterocycles. The van der Waals surface area contributed by atoms with E-state index in [9.17, 15) is 4.79 Å². The lowest BCUT2D eigenvalue weighted by atomic mass is 10.1. The Labute approximate surface area is 163 Å². The van der Waals surface area contributed by atoms with Crippen molar-refractivity contribution in [1.82, 2.24) is 29.7 Å². The number of aryl methyl sites for hydroxylation is 1. The molecule has 144 valence electrons. The highest BCUT2D eigenvalue weighted by molar-refractivity contribution is 5.78. The van der Waals surface area contributed by atoms with Crippen LogP contribution in [0.25, 0.3) is 11.0 Å². The lowest BCUT2D eigenvalue weighted by Gasteiger charge is -2.25. The van der Waals surface area contributed by atoms with Crippen LogP contribution in [-0.4, -0.2) is 43.4 Å². The molecule has 3 aromatic rings. The molecule has 1 amide bonds. The van der Waals surface area contributed by atoms with E-state index in [1.807, 2.05) is 41.7 Å². The number of hydrogen-bond acceptors (Lipinski definition) is 5. The van der Waals surface area contributed by atoms with Crippen LogP contribution in [0, 0.1) is 0 Å². The Balaban J connectivity index is 1.30. The Morgan fingerprint density at radius 2 is 2.18 bits per heavy atom. The number of carbonyl (C=O) groups excluding carboxylic acids is 1. The summed E-state index contributed by atoms with van der Waals surface area (Å²) in [6, 6.07) is 8.03. The molecule has 1 N–H and O–H groups in total. The second kappa shape index (κ2) is 7.31. The first-order valence-corrected chi connectivity index (χ1v) is 10.0. The maximum atomic E-state index is 13.0. The van der Waals surface area contributed by atoms with Gasteiger partial charge in [0.15, 0.2) is 5.82 Å². The van der Waals surface area contributed by atoms with Gasteiger partial charge in [-0.3, -0.25) is 4.79 Å². The van der Waals surface area contributed by atoms with Crippen LogP contribution in [0.2, 0.25) is 0 Å². The molecule has 2 aromatic heterocycles. The van der Waals surface area contributed by atoms with Crippen LogP contribution in [0.15, 0.2) is 36.8 Å². The summed E-state index contributed by atoms with van der Waals surface area (Å²) in [5.41, 5.74) is 4.34. The van der Waals surface area contributed by atoms with Gasteiger partial charge in [0.25, 0.3) is 0 Å². The molecule has 0 spiro atoms. The minimum Gasteiger partial charge on any atom is -0.332 e. The number of benzene rings is 1. The van der Waals surface area contributed by atoms with Gasteiger partial charge in [0, 0.05) is 56.5 Å². The molecule has 2 aliphatic rings. The molecule has 5 rings (SSSR count). The zero-order chi connectivity index (χ0) is 18.9. The number of rotatable bonds is 4. The van der Waals surface area contributed by atoms with Crippen LogP contribution in [0.4, 0.5) is 0 Å². The maximum absolute atomic E-state index is 13.0. The highest BCUT2D eigenvalue weighted by Gasteiger charge is 2.32. The third-order valence-corrected chi connectivity index (χ3v) is 5.79. The van der Waals surface area contributed by atoms with Gasteiger partial charge in [-0.2, -0.15) is 0 Å². The fourth-order valence-corrected chi connectivity index (χ4v) is 4.29. The van der Waals surface area contributed by atoms with Crippen molar-refractivity contribution >= 4 is 16.9 Å². The molecular formula is C21H24N6O. The highest BCUT2D eigenvalue weighted by atomic mass is 16.2. The molecule has 7 nitrogen and oxygen atoms in total. The summed E-state index contributed by atoms with van der Waals surface area (Å²) in [5.74, 6) is 0.975. The van der Waals surface area contributed by atoms with Gasteiger partial charge >= 0.3 is 0 Å². The predicted octanol–water partition coefficient (Wildman–Crippen LogP) is 2.23. The van der Waals surface area contributed by atoms with E-state index < -0.39 is 0 Å². The zero-order valence-corrected chi connectivity index (χ0v) is 15.8. The number of para-hydroxylation sites is 2. The Morgan fingerprint density at radius 1 is 1.25 bits per heavy atom. The first kappa shape index (κ1) is 17.3. The molecule has 4 heterocycles. The monoisotopic (exact) mass is 376 g/mol. The van der Waals surface area contributed by atoms with Crippen molar-refractivity contribution in [3.63, 3.8) is 0 Å². The van der Waals surface area contributed by atoms with E-state index in [1.165, 1.54) is 5.56 Å². The first-order valence-electron chi connectivity index (χ1n) is 10.0. The van der Waals surface area contributed by atoms with Crippen molar-refractivity contribution in [2.45, 2.75) is 44.8 Å². The average Bonchev–Trinajstić information content (AvgIpc) is 3.39. The number of imidazole rings is 1. The number of aromatic nitrogens is 4. The Morgan fingerprint density at radius 3 is 3.14 bits per heavy atom. The van der Waals surface area contributed by atoms with E-state index in [0.717, 1.165) is 61.4 Å². The molecule has 1 aromatic carbocycles. The number of nitrogens with zero attached hydrogens (tertiary/aromatic N) is 5. The summed E-state index contributed by atoms with van der Waals surface area (Å²) >= 11 is 0. The molecule has 2 aliphatic heterocycles. The summed E-state index contributed by atoms with van der Waals surface area (Å²) < 4.78 is 2.06. The smallest absolute Gasteiger partial charge is 0.224 e. The van der Waals surface area contributed by atoms with E-state index in [0.29, 0.717) is 13.0 Å². The summed E-state index contributed by atoms with van der Waals surface area (Å²) in [6.45, 7) is 3.22. The Kier molecular flexibility index (Phi) is 4.52. The van der Waals surface area contributed by atoms with Crippen LogP contribution < -0.4 is 5.32 Å². The van der Waals surface area contributed by atoms with Crippen molar-refractivity contribution < 1.29 is 4.79 Å². The van der Waals surface area contributed by atoms with Gasteiger partial charge in [0.2, 0.25) is 5.91 Å². The van der Waals surface area contributed by atoms with Crippen LogP contribution in [-0.2, 0) is 24.3 Å². The standard InChI is InChI=1S/C21H24N6O/c28-20(8-11-26-14-24-17-4-1-2-5-18(17)26)27-10-3-6-19(27)21-23-13-15-12-22-9-7-16(15)25-21/h1-2,4-5,13-14,19,22H,3,6-12H2/t19-/m0/s1. The normalized spacial score (nSPS) is 19.1. The summed E-state index contributed by atoms with van der Waals surface area (Å²) in [5, 5.41) is 3.35. The predicted molar refractivity (Wildman–Crippen MR) is 105 cm³/mol. The number of nitrogens with one attached hydrogen (secondary N) is 1. The van der Waals surface area contributed by atoms with Crippen molar-refractivity contribution in [1.29, 1.82) is 0 Å². The third-order valence-electron chi connectivity index (χ3n) is 5.79. The zero-order valence-electron chi connectivity index (χ0n) is 15.8. The van der Waals surface area contributed by atoms with E-state index >= 15 is 0 Å². The fraction of sp³-hybridized carbons (Fsp3) is 0.429. The number of carbonyl (C=O) groups is 1. The van der Waals surface area contributed by atoms with Gasteiger partial charge in [-0.25, -0.2) is 15.0 Å². The SMILES string of the molecule is O=C(CCn1cnc2ccccc21)N1CCC[C@H]1c1ncc2c(n1)CCNC2. The van der Waals surface area contributed by atoms with Gasteiger partial charge in [0.05, 0.1) is 23.4 Å². The molecular weight excluding hydrogens is 352 g/mol. The van der Waals surface area contributed by atoms with Crippen molar-refractivity contribution in [3.8, 4) is 0 Å². The minimum atomic E-state index is 0.00668. The van der Waals surface area contributed by atoms with Gasteiger partial charge in [-0.1, -0.05) is 12.1 Å². The molecule has 0 aliphatic carbocycles. The molecule has 28 heavy (non-hydrogen) atoms. The van der Waals surface area contributed by atoms with Crippen LogP contribution in [0.5, 0.6) is 0 Å². The lowest BCUT2D eigenvalue weighted by Crippen LogP contribution is -2.33. The quantitative estimate of drug-likeness (QED) is 0.756. The molecule has 1 fully saturated rings. The average molecular weight is 376 g/mol. The topological polar surface area (TPSA) is 75.9 Å². The third kappa shape index (κ3) is 3.16. The Hall–Kier alpha value is -2.80. The minimum absolute atomic E-state index is 0.00668. The van der Waals surface area contributed by atoms with Crippen LogP contribution in [0.1, 0.15) is 42.4 Å². The number of hydrogen-bond donors (Lipinski definition) is 1. The van der Waals surface area contributed by atoms with Crippen molar-refractivity contribution in [2.24, 2.45) is 0 Å². The van der Waals surface area contributed by atoms with Crippen molar-refractivity contribution in [3.05, 3.63) is 53.9 Å². The Bertz CT molecular complexity index is 1010. The molecule has 0 radical (unpaired) electrons. The largest absolute Gasteiger partial charge is 0.332 e. The molecule has 0 bridgehead atoms. The van der Waals surface area contributed by atoms with Crippen molar-refractivity contribution in [2.75, 3.05) is 13.1 Å². The van der Waals surface area contributed by atoms with E-state index in [4.69, 9.17) is 4.98 Å². The van der Waals surface area contributed by atoms with Gasteiger partial charge in [-0.05, 0) is 25.0 Å². The number of amides is 1. The van der Waals surface area contributed by atoms with Gasteiger partial charge in [0.1, 0.15) is 0 Å². The first-order chi connectivity index (χ1) is 13.8.